The molecule has 1 aliphatic carbocycles. The van der Waals surface area contributed by atoms with E-state index in [0.717, 1.165) is 24.9 Å². The monoisotopic (exact) mass is 327 g/mol. The standard InChI is InChI=1S/C18H21N3O3/c1-23-15-8-6-13(10-16(15)24-2)20-17-9-7-14(11-19-17)21-18(22)12-4-3-5-12/h6-12H,3-5H2,1-2H3,(H,19,20)(H,21,22). The SMILES string of the molecule is COc1ccc(Nc2ccc(NC(=O)C3CCC3)cn2)cc1OC. The highest BCUT2D eigenvalue weighted by Crippen LogP contribution is 2.31. The summed E-state index contributed by atoms with van der Waals surface area (Å²) >= 11 is 0. The number of rotatable bonds is 6. The van der Waals surface area contributed by atoms with Crippen LogP contribution in [-0.2, 0) is 4.79 Å². The Bertz CT molecular complexity index is 712. The van der Waals surface area contributed by atoms with E-state index in [1.807, 2.05) is 30.3 Å². The first-order valence-electron chi connectivity index (χ1n) is 7.95. The van der Waals surface area contributed by atoms with Crippen molar-refractivity contribution in [3.05, 3.63) is 36.5 Å². The summed E-state index contributed by atoms with van der Waals surface area (Å²) in [5.41, 5.74) is 1.55. The molecule has 1 amide bonds. The van der Waals surface area contributed by atoms with Gasteiger partial charge in [-0.2, -0.15) is 0 Å². The molecule has 2 aromatic rings. The lowest BCUT2D eigenvalue weighted by Crippen LogP contribution is -2.28. The van der Waals surface area contributed by atoms with E-state index in [2.05, 4.69) is 15.6 Å². The number of hydrogen-bond acceptors (Lipinski definition) is 5. The average Bonchev–Trinajstić information content (AvgIpc) is 2.55. The van der Waals surface area contributed by atoms with Crippen molar-refractivity contribution in [2.45, 2.75) is 19.3 Å². The van der Waals surface area contributed by atoms with Crippen LogP contribution < -0.4 is 20.1 Å². The second kappa shape index (κ2) is 7.21. The number of benzene rings is 1. The second-order valence-corrected chi connectivity index (χ2v) is 5.74. The third kappa shape index (κ3) is 3.59. The van der Waals surface area contributed by atoms with Crippen LogP contribution in [0, 0.1) is 5.92 Å². The minimum absolute atomic E-state index is 0.0867. The third-order valence-corrected chi connectivity index (χ3v) is 4.16. The predicted octanol–water partition coefficient (Wildman–Crippen LogP) is 3.58. The zero-order valence-corrected chi connectivity index (χ0v) is 13.8. The van der Waals surface area contributed by atoms with Gasteiger partial charge in [-0.1, -0.05) is 6.42 Å². The van der Waals surface area contributed by atoms with Crippen molar-refractivity contribution >= 4 is 23.1 Å². The molecule has 0 aliphatic heterocycles. The van der Waals surface area contributed by atoms with E-state index < -0.39 is 0 Å². The molecule has 2 N–H and O–H groups in total. The van der Waals surface area contributed by atoms with Gasteiger partial charge in [0.25, 0.3) is 0 Å². The van der Waals surface area contributed by atoms with Crippen molar-refractivity contribution in [2.75, 3.05) is 24.9 Å². The van der Waals surface area contributed by atoms with E-state index in [4.69, 9.17) is 9.47 Å². The van der Waals surface area contributed by atoms with Crippen LogP contribution in [0.1, 0.15) is 19.3 Å². The summed E-state index contributed by atoms with van der Waals surface area (Å²) in [5, 5.41) is 6.10. The number of carbonyl (C=O) groups is 1. The molecule has 0 atom stereocenters. The van der Waals surface area contributed by atoms with Gasteiger partial charge in [-0.3, -0.25) is 4.79 Å². The average molecular weight is 327 g/mol. The first-order valence-corrected chi connectivity index (χ1v) is 7.95. The summed E-state index contributed by atoms with van der Waals surface area (Å²) in [6, 6.07) is 9.22. The summed E-state index contributed by atoms with van der Waals surface area (Å²) < 4.78 is 10.5. The van der Waals surface area contributed by atoms with Crippen LogP contribution in [0.5, 0.6) is 11.5 Å². The molecule has 1 saturated carbocycles. The Labute approximate surface area is 141 Å². The van der Waals surface area contributed by atoms with Crippen molar-refractivity contribution in [3.8, 4) is 11.5 Å². The summed E-state index contributed by atoms with van der Waals surface area (Å²) in [6.07, 6.45) is 4.76. The van der Waals surface area contributed by atoms with Gasteiger partial charge in [0.2, 0.25) is 5.91 Å². The van der Waals surface area contributed by atoms with Gasteiger partial charge in [0, 0.05) is 17.7 Å². The first kappa shape index (κ1) is 16.1. The molecule has 1 aromatic heterocycles. The summed E-state index contributed by atoms with van der Waals surface area (Å²) in [7, 11) is 3.20. The van der Waals surface area contributed by atoms with E-state index in [0.29, 0.717) is 23.0 Å². The molecule has 0 radical (unpaired) electrons. The largest absolute Gasteiger partial charge is 0.493 e. The number of carbonyl (C=O) groups excluding carboxylic acids is 1. The highest BCUT2D eigenvalue weighted by atomic mass is 16.5. The van der Waals surface area contributed by atoms with Crippen LogP contribution >= 0.6 is 0 Å². The fourth-order valence-electron chi connectivity index (χ4n) is 2.52. The fourth-order valence-corrected chi connectivity index (χ4v) is 2.52. The Hall–Kier alpha value is -2.76. The molecule has 0 bridgehead atoms. The number of pyridine rings is 1. The van der Waals surface area contributed by atoms with Gasteiger partial charge < -0.3 is 20.1 Å². The van der Waals surface area contributed by atoms with Crippen LogP contribution in [0.4, 0.5) is 17.2 Å². The molecule has 0 saturated heterocycles. The zero-order chi connectivity index (χ0) is 16.9. The molecule has 1 aliphatic rings. The molecule has 0 unspecified atom stereocenters. The van der Waals surface area contributed by atoms with Crippen molar-refractivity contribution in [1.29, 1.82) is 0 Å². The van der Waals surface area contributed by atoms with Crippen molar-refractivity contribution in [2.24, 2.45) is 5.92 Å². The number of hydrogen-bond donors (Lipinski definition) is 2. The molecular formula is C18H21N3O3. The highest BCUT2D eigenvalue weighted by Gasteiger charge is 2.25. The molecule has 24 heavy (non-hydrogen) atoms. The molecule has 1 fully saturated rings. The van der Waals surface area contributed by atoms with E-state index in [1.54, 1.807) is 20.4 Å². The minimum atomic E-state index is 0.0867. The van der Waals surface area contributed by atoms with Gasteiger partial charge in [-0.25, -0.2) is 4.98 Å². The smallest absolute Gasteiger partial charge is 0.227 e. The normalized spacial score (nSPS) is 13.8. The molecule has 0 spiro atoms. The Morgan fingerprint density at radius 1 is 1.08 bits per heavy atom. The van der Waals surface area contributed by atoms with Gasteiger partial charge in [-0.15, -0.1) is 0 Å². The maximum atomic E-state index is 11.9. The zero-order valence-electron chi connectivity index (χ0n) is 13.8. The molecule has 1 heterocycles. The maximum Gasteiger partial charge on any atom is 0.227 e. The molecule has 6 heteroatoms. The topological polar surface area (TPSA) is 72.5 Å². The van der Waals surface area contributed by atoms with Crippen LogP contribution in [0.25, 0.3) is 0 Å². The van der Waals surface area contributed by atoms with Gasteiger partial charge in [0.1, 0.15) is 5.82 Å². The Balaban J connectivity index is 1.64. The number of nitrogens with zero attached hydrogens (tertiary/aromatic N) is 1. The molecule has 126 valence electrons. The van der Waals surface area contributed by atoms with Gasteiger partial charge in [-0.05, 0) is 37.1 Å². The molecule has 3 rings (SSSR count). The molecule has 1 aromatic carbocycles. The lowest BCUT2D eigenvalue weighted by atomic mass is 9.85. The Morgan fingerprint density at radius 2 is 1.83 bits per heavy atom. The summed E-state index contributed by atoms with van der Waals surface area (Å²) in [5.74, 6) is 2.25. The van der Waals surface area contributed by atoms with Crippen molar-refractivity contribution < 1.29 is 14.3 Å². The van der Waals surface area contributed by atoms with Crippen molar-refractivity contribution in [1.82, 2.24) is 4.98 Å². The van der Waals surface area contributed by atoms with Crippen molar-refractivity contribution in [3.63, 3.8) is 0 Å². The molecular weight excluding hydrogens is 306 g/mol. The van der Waals surface area contributed by atoms with E-state index in [-0.39, 0.29) is 11.8 Å². The van der Waals surface area contributed by atoms with E-state index in [1.165, 1.54) is 0 Å². The highest BCUT2D eigenvalue weighted by molar-refractivity contribution is 5.92. The first-order chi connectivity index (χ1) is 11.7. The van der Waals surface area contributed by atoms with E-state index >= 15 is 0 Å². The number of nitrogens with one attached hydrogen (secondary N) is 2. The van der Waals surface area contributed by atoms with Crippen LogP contribution in [-0.4, -0.2) is 25.1 Å². The fraction of sp³-hybridized carbons (Fsp3) is 0.333. The number of anilines is 3. The number of ether oxygens (including phenoxy) is 2. The minimum Gasteiger partial charge on any atom is -0.493 e. The van der Waals surface area contributed by atoms with Gasteiger partial charge in [0.15, 0.2) is 11.5 Å². The molecule has 6 nitrogen and oxygen atoms in total. The lowest BCUT2D eigenvalue weighted by molar-refractivity contribution is -0.122. The van der Waals surface area contributed by atoms with Gasteiger partial charge >= 0.3 is 0 Å². The number of methoxy groups -OCH3 is 2. The quantitative estimate of drug-likeness (QED) is 0.848. The van der Waals surface area contributed by atoms with Crippen LogP contribution in [0.15, 0.2) is 36.5 Å². The Kier molecular flexibility index (Phi) is 4.84. The summed E-state index contributed by atoms with van der Waals surface area (Å²) in [4.78, 5) is 16.3. The predicted molar refractivity (Wildman–Crippen MR) is 93.0 cm³/mol. The van der Waals surface area contributed by atoms with E-state index in [9.17, 15) is 4.79 Å². The lowest BCUT2D eigenvalue weighted by Gasteiger charge is -2.23. The number of aromatic nitrogens is 1. The second-order valence-electron chi connectivity index (χ2n) is 5.74. The van der Waals surface area contributed by atoms with Crippen LogP contribution in [0.2, 0.25) is 0 Å². The van der Waals surface area contributed by atoms with Gasteiger partial charge in [0.05, 0.1) is 26.1 Å². The summed E-state index contributed by atoms with van der Waals surface area (Å²) in [6.45, 7) is 0. The number of amides is 1. The maximum absolute atomic E-state index is 11.9. The Morgan fingerprint density at radius 3 is 2.42 bits per heavy atom. The third-order valence-electron chi connectivity index (χ3n) is 4.16. The van der Waals surface area contributed by atoms with Crippen LogP contribution in [0.3, 0.4) is 0 Å².